The van der Waals surface area contributed by atoms with Crippen molar-refractivity contribution in [1.82, 2.24) is 4.98 Å². The maximum absolute atomic E-state index is 10.5. The lowest BCUT2D eigenvalue weighted by atomic mass is 10.2. The Kier molecular flexibility index (Phi) is 2.82. The standard InChI is InChI=1S/C9H6N2O3/c10-8-6(2-1-3-12)4-7(5-11-8)9(13)14/h3-5H,(H2,10,11)(H,13,14). The van der Waals surface area contributed by atoms with Crippen LogP contribution in [0, 0.1) is 11.8 Å². The van der Waals surface area contributed by atoms with Crippen molar-refractivity contribution in [3.8, 4) is 11.8 Å². The van der Waals surface area contributed by atoms with Crippen molar-refractivity contribution in [2.24, 2.45) is 0 Å². The molecule has 0 aliphatic carbocycles. The minimum atomic E-state index is -1.12. The van der Waals surface area contributed by atoms with E-state index in [1.165, 1.54) is 6.07 Å². The zero-order valence-corrected chi connectivity index (χ0v) is 7.02. The maximum Gasteiger partial charge on any atom is 0.337 e. The molecule has 0 spiro atoms. The number of aldehydes is 1. The average molecular weight is 190 g/mol. The molecule has 0 saturated carbocycles. The van der Waals surface area contributed by atoms with Crippen LogP contribution in [0.1, 0.15) is 15.9 Å². The Hall–Kier alpha value is -2.35. The first-order chi connectivity index (χ1) is 6.65. The Morgan fingerprint density at radius 3 is 2.93 bits per heavy atom. The highest BCUT2D eigenvalue weighted by atomic mass is 16.4. The number of nitrogen functional groups attached to an aromatic ring is 1. The van der Waals surface area contributed by atoms with Gasteiger partial charge in [0, 0.05) is 6.20 Å². The summed E-state index contributed by atoms with van der Waals surface area (Å²) in [4.78, 5) is 24.1. The highest BCUT2D eigenvalue weighted by Gasteiger charge is 2.05. The molecule has 3 N–H and O–H groups in total. The molecule has 5 nitrogen and oxygen atoms in total. The van der Waals surface area contributed by atoms with Gasteiger partial charge in [-0.05, 0) is 12.0 Å². The van der Waals surface area contributed by atoms with Gasteiger partial charge in [-0.15, -0.1) is 0 Å². The number of anilines is 1. The third-order valence-corrected chi connectivity index (χ3v) is 1.43. The molecule has 70 valence electrons. The van der Waals surface area contributed by atoms with E-state index in [-0.39, 0.29) is 16.9 Å². The fourth-order valence-corrected chi connectivity index (χ4v) is 0.800. The van der Waals surface area contributed by atoms with Gasteiger partial charge in [0.15, 0.2) is 6.29 Å². The van der Waals surface area contributed by atoms with Crippen molar-refractivity contribution < 1.29 is 14.7 Å². The molecule has 0 saturated heterocycles. The first kappa shape index (κ1) is 9.74. The van der Waals surface area contributed by atoms with Crippen LogP contribution in [0.4, 0.5) is 5.82 Å². The Bertz CT molecular complexity index is 443. The van der Waals surface area contributed by atoms with Gasteiger partial charge in [0.1, 0.15) is 5.82 Å². The van der Waals surface area contributed by atoms with Crippen LogP contribution in [0.5, 0.6) is 0 Å². The molecule has 1 heterocycles. The summed E-state index contributed by atoms with van der Waals surface area (Å²) in [7, 11) is 0. The van der Waals surface area contributed by atoms with Crippen molar-refractivity contribution in [1.29, 1.82) is 0 Å². The zero-order chi connectivity index (χ0) is 10.6. The lowest BCUT2D eigenvalue weighted by molar-refractivity contribution is -0.103. The van der Waals surface area contributed by atoms with Crippen molar-refractivity contribution in [3.05, 3.63) is 23.4 Å². The Morgan fingerprint density at radius 2 is 2.36 bits per heavy atom. The summed E-state index contributed by atoms with van der Waals surface area (Å²) in [6.45, 7) is 0. The molecule has 1 rings (SSSR count). The van der Waals surface area contributed by atoms with Crippen LogP contribution in [0.3, 0.4) is 0 Å². The van der Waals surface area contributed by atoms with E-state index in [0.717, 1.165) is 6.20 Å². The van der Waals surface area contributed by atoms with Gasteiger partial charge in [-0.3, -0.25) is 4.79 Å². The molecule has 0 aromatic carbocycles. The molecule has 0 amide bonds. The molecule has 0 bridgehead atoms. The third kappa shape index (κ3) is 2.08. The number of aromatic nitrogens is 1. The first-order valence-electron chi connectivity index (χ1n) is 3.59. The summed E-state index contributed by atoms with van der Waals surface area (Å²) in [5.41, 5.74) is 5.62. The van der Waals surface area contributed by atoms with Crippen LogP contribution in [-0.2, 0) is 4.79 Å². The molecule has 0 unspecified atom stereocenters. The monoisotopic (exact) mass is 190 g/mol. The maximum atomic E-state index is 10.5. The number of carboxylic acid groups (broad SMARTS) is 1. The lowest BCUT2D eigenvalue weighted by Crippen LogP contribution is -2.01. The highest BCUT2D eigenvalue weighted by Crippen LogP contribution is 2.09. The largest absolute Gasteiger partial charge is 0.478 e. The number of nitrogens with zero attached hydrogens (tertiary/aromatic N) is 1. The molecule has 0 radical (unpaired) electrons. The van der Waals surface area contributed by atoms with Crippen LogP contribution in [0.15, 0.2) is 12.3 Å². The number of hydrogen-bond donors (Lipinski definition) is 2. The summed E-state index contributed by atoms with van der Waals surface area (Å²) in [5, 5.41) is 8.63. The first-order valence-corrected chi connectivity index (χ1v) is 3.59. The SMILES string of the molecule is Nc1ncc(C(=O)O)cc1C#CC=O. The number of carbonyl (C=O) groups is 2. The molecule has 0 atom stereocenters. The minimum absolute atomic E-state index is 0.0191. The predicted octanol–water partition coefficient (Wildman–Crippen LogP) is -0.0876. The minimum Gasteiger partial charge on any atom is -0.478 e. The summed E-state index contributed by atoms with van der Waals surface area (Å²) in [5.74, 6) is 3.50. The second kappa shape index (κ2) is 4.05. The fraction of sp³-hybridized carbons (Fsp3) is 0. The molecule has 0 aliphatic heterocycles. The van der Waals surface area contributed by atoms with E-state index in [1.807, 2.05) is 0 Å². The van der Waals surface area contributed by atoms with E-state index in [0.29, 0.717) is 6.29 Å². The van der Waals surface area contributed by atoms with Crippen LogP contribution < -0.4 is 5.73 Å². The number of hydrogen-bond acceptors (Lipinski definition) is 4. The van der Waals surface area contributed by atoms with Gasteiger partial charge < -0.3 is 10.8 Å². The smallest absolute Gasteiger partial charge is 0.337 e. The van der Waals surface area contributed by atoms with Gasteiger partial charge in [0.25, 0.3) is 0 Å². The second-order valence-corrected chi connectivity index (χ2v) is 2.35. The van der Waals surface area contributed by atoms with Gasteiger partial charge in [-0.2, -0.15) is 0 Å². The number of nitrogens with two attached hydrogens (primary N) is 1. The molecule has 5 heteroatoms. The molecular formula is C9H6N2O3. The average Bonchev–Trinajstić information content (AvgIpc) is 2.16. The van der Waals surface area contributed by atoms with Crippen molar-refractivity contribution >= 4 is 18.1 Å². The quantitative estimate of drug-likeness (QED) is 0.477. The highest BCUT2D eigenvalue weighted by molar-refractivity contribution is 5.88. The topological polar surface area (TPSA) is 93.3 Å². The molecule has 0 aliphatic rings. The van der Waals surface area contributed by atoms with E-state index in [2.05, 4.69) is 16.8 Å². The van der Waals surface area contributed by atoms with Crippen LogP contribution >= 0.6 is 0 Å². The van der Waals surface area contributed by atoms with Crippen LogP contribution in [-0.4, -0.2) is 22.3 Å². The number of pyridine rings is 1. The Morgan fingerprint density at radius 1 is 1.64 bits per heavy atom. The predicted molar refractivity (Wildman–Crippen MR) is 48.6 cm³/mol. The van der Waals surface area contributed by atoms with Gasteiger partial charge in [0.2, 0.25) is 0 Å². The zero-order valence-electron chi connectivity index (χ0n) is 7.02. The molecule has 1 aromatic rings. The number of carboxylic acids is 1. The normalized spacial score (nSPS) is 8.57. The summed E-state index contributed by atoms with van der Waals surface area (Å²) >= 11 is 0. The van der Waals surface area contributed by atoms with E-state index >= 15 is 0 Å². The van der Waals surface area contributed by atoms with Crippen molar-refractivity contribution in [3.63, 3.8) is 0 Å². The molecule has 0 fully saturated rings. The summed E-state index contributed by atoms with van der Waals surface area (Å²) in [6.07, 6.45) is 1.52. The van der Waals surface area contributed by atoms with Crippen molar-refractivity contribution in [2.75, 3.05) is 5.73 Å². The van der Waals surface area contributed by atoms with E-state index in [1.54, 1.807) is 0 Å². The van der Waals surface area contributed by atoms with Crippen LogP contribution in [0.25, 0.3) is 0 Å². The van der Waals surface area contributed by atoms with Crippen LogP contribution in [0.2, 0.25) is 0 Å². The third-order valence-electron chi connectivity index (χ3n) is 1.43. The van der Waals surface area contributed by atoms with Gasteiger partial charge >= 0.3 is 5.97 Å². The summed E-state index contributed by atoms with van der Waals surface area (Å²) < 4.78 is 0. The summed E-state index contributed by atoms with van der Waals surface area (Å²) in [6, 6.07) is 1.27. The molecule has 14 heavy (non-hydrogen) atoms. The van der Waals surface area contributed by atoms with E-state index in [4.69, 9.17) is 10.8 Å². The number of rotatable bonds is 1. The Labute approximate surface area is 79.6 Å². The van der Waals surface area contributed by atoms with E-state index in [9.17, 15) is 9.59 Å². The van der Waals surface area contributed by atoms with Gasteiger partial charge in [-0.25, -0.2) is 9.78 Å². The van der Waals surface area contributed by atoms with Crippen molar-refractivity contribution in [2.45, 2.75) is 0 Å². The van der Waals surface area contributed by atoms with E-state index < -0.39 is 5.97 Å². The molecular weight excluding hydrogens is 184 g/mol. The fourth-order valence-electron chi connectivity index (χ4n) is 0.800. The number of carbonyl (C=O) groups excluding carboxylic acids is 1. The Balaban J connectivity index is 3.21. The number of aromatic carboxylic acids is 1. The van der Waals surface area contributed by atoms with Gasteiger partial charge in [-0.1, -0.05) is 5.92 Å². The van der Waals surface area contributed by atoms with Gasteiger partial charge in [0.05, 0.1) is 11.1 Å². The lowest BCUT2D eigenvalue weighted by Gasteiger charge is -1.98. The second-order valence-electron chi connectivity index (χ2n) is 2.35. The molecule has 1 aromatic heterocycles.